The molecule has 0 spiro atoms. The third-order valence-electron chi connectivity index (χ3n) is 4.70. The summed E-state index contributed by atoms with van der Waals surface area (Å²) in [6, 6.07) is 11.4. The highest BCUT2D eigenvalue weighted by molar-refractivity contribution is 5.94. The lowest BCUT2D eigenvalue weighted by Crippen LogP contribution is -2.44. The normalized spacial score (nSPS) is 19.8. The Morgan fingerprint density at radius 1 is 1.35 bits per heavy atom. The van der Waals surface area contributed by atoms with Crippen molar-refractivity contribution in [1.82, 2.24) is 14.8 Å². The van der Waals surface area contributed by atoms with Gasteiger partial charge in [0.05, 0.1) is 24.8 Å². The highest BCUT2D eigenvalue weighted by Gasteiger charge is 2.39. The molecule has 1 atom stereocenters. The van der Waals surface area contributed by atoms with E-state index in [2.05, 4.69) is 9.88 Å². The van der Waals surface area contributed by atoms with Crippen molar-refractivity contribution in [3.8, 4) is 5.75 Å². The van der Waals surface area contributed by atoms with E-state index in [0.29, 0.717) is 31.6 Å². The van der Waals surface area contributed by atoms with Crippen molar-refractivity contribution in [2.24, 2.45) is 0 Å². The summed E-state index contributed by atoms with van der Waals surface area (Å²) in [6.45, 7) is 2.13. The Morgan fingerprint density at radius 3 is 2.77 bits per heavy atom. The molecule has 0 saturated carbocycles. The molecule has 1 aromatic heterocycles. The van der Waals surface area contributed by atoms with Gasteiger partial charge in [-0.05, 0) is 43.3 Å². The molecule has 2 heterocycles. The predicted octanol–water partition coefficient (Wildman–Crippen LogP) is 1.80. The Balaban J connectivity index is 1.56. The molecule has 6 heteroatoms. The third-order valence-corrected chi connectivity index (χ3v) is 4.70. The van der Waals surface area contributed by atoms with Gasteiger partial charge < -0.3 is 14.7 Å². The Bertz CT molecular complexity index is 736. The standard InChI is InChI=1S/C20H25N3O3/c1-22(13-16-5-7-18(26-2)8-6-16)14-20(25)9-11-23(15-20)19(24)17-4-3-10-21-12-17/h3-8,10,12,25H,9,11,13-15H2,1-2H3/t20-/m1/s1. The molecule has 0 unspecified atom stereocenters. The van der Waals surface area contributed by atoms with E-state index in [9.17, 15) is 9.90 Å². The first kappa shape index (κ1) is 18.4. The molecule has 1 saturated heterocycles. The van der Waals surface area contributed by atoms with Gasteiger partial charge in [-0.15, -0.1) is 0 Å². The molecular weight excluding hydrogens is 330 g/mol. The zero-order valence-electron chi connectivity index (χ0n) is 15.3. The number of methoxy groups -OCH3 is 1. The maximum atomic E-state index is 12.5. The summed E-state index contributed by atoms with van der Waals surface area (Å²) in [5.41, 5.74) is 0.820. The Hall–Kier alpha value is -2.44. The first-order valence-corrected chi connectivity index (χ1v) is 8.72. The Labute approximate surface area is 154 Å². The number of rotatable bonds is 6. The molecule has 0 radical (unpaired) electrons. The van der Waals surface area contributed by atoms with Crippen molar-refractivity contribution in [2.45, 2.75) is 18.6 Å². The number of carbonyl (C=O) groups is 1. The van der Waals surface area contributed by atoms with Crippen LogP contribution in [0.3, 0.4) is 0 Å². The van der Waals surface area contributed by atoms with Gasteiger partial charge in [0, 0.05) is 32.0 Å². The van der Waals surface area contributed by atoms with Crippen molar-refractivity contribution < 1.29 is 14.6 Å². The average molecular weight is 355 g/mol. The van der Waals surface area contributed by atoms with E-state index in [1.807, 2.05) is 31.3 Å². The van der Waals surface area contributed by atoms with Gasteiger partial charge in [0.2, 0.25) is 0 Å². The molecule has 1 aliphatic heterocycles. The van der Waals surface area contributed by atoms with Crippen molar-refractivity contribution in [3.05, 3.63) is 59.9 Å². The van der Waals surface area contributed by atoms with Crippen LogP contribution in [0, 0.1) is 0 Å². The molecule has 1 amide bonds. The molecule has 138 valence electrons. The largest absolute Gasteiger partial charge is 0.497 e. The zero-order valence-corrected chi connectivity index (χ0v) is 15.3. The molecule has 1 N–H and O–H groups in total. The lowest BCUT2D eigenvalue weighted by atomic mass is 10.0. The van der Waals surface area contributed by atoms with Crippen LogP contribution in [0.4, 0.5) is 0 Å². The first-order chi connectivity index (χ1) is 12.5. The minimum absolute atomic E-state index is 0.0770. The Morgan fingerprint density at radius 2 is 2.12 bits per heavy atom. The summed E-state index contributed by atoms with van der Waals surface area (Å²) in [5, 5.41) is 10.9. The molecule has 1 aliphatic rings. The van der Waals surface area contributed by atoms with Gasteiger partial charge in [-0.3, -0.25) is 14.7 Å². The van der Waals surface area contributed by atoms with Crippen LogP contribution >= 0.6 is 0 Å². The number of hydrogen-bond donors (Lipinski definition) is 1. The summed E-state index contributed by atoms with van der Waals surface area (Å²) in [5.74, 6) is 0.752. The van der Waals surface area contributed by atoms with Crippen LogP contribution in [0.1, 0.15) is 22.3 Å². The summed E-state index contributed by atoms with van der Waals surface area (Å²) >= 11 is 0. The maximum absolute atomic E-state index is 12.5. The van der Waals surface area contributed by atoms with Crippen molar-refractivity contribution in [2.75, 3.05) is 33.8 Å². The number of hydrogen-bond acceptors (Lipinski definition) is 5. The van der Waals surface area contributed by atoms with Crippen LogP contribution < -0.4 is 4.74 Å². The maximum Gasteiger partial charge on any atom is 0.255 e. The number of β-amino-alcohol motifs (C(OH)–C–C–N with tert-alkyl or cyclic N) is 1. The molecule has 2 aromatic rings. The third kappa shape index (κ3) is 4.39. The molecule has 26 heavy (non-hydrogen) atoms. The second-order valence-corrected chi connectivity index (χ2v) is 6.96. The number of likely N-dealkylation sites (tertiary alicyclic amines) is 1. The van der Waals surface area contributed by atoms with Gasteiger partial charge in [-0.2, -0.15) is 0 Å². The minimum Gasteiger partial charge on any atom is -0.497 e. The highest BCUT2D eigenvalue weighted by Crippen LogP contribution is 2.24. The van der Waals surface area contributed by atoms with Crippen molar-refractivity contribution >= 4 is 5.91 Å². The summed E-state index contributed by atoms with van der Waals surface area (Å²) in [4.78, 5) is 20.3. The van der Waals surface area contributed by atoms with Crippen LogP contribution in [0.25, 0.3) is 0 Å². The number of aliphatic hydroxyl groups is 1. The number of benzene rings is 1. The van der Waals surface area contributed by atoms with Crippen LogP contribution in [-0.4, -0.2) is 65.2 Å². The highest BCUT2D eigenvalue weighted by atomic mass is 16.5. The van der Waals surface area contributed by atoms with Crippen LogP contribution in [-0.2, 0) is 6.54 Å². The quantitative estimate of drug-likeness (QED) is 0.856. The summed E-state index contributed by atoms with van der Waals surface area (Å²) < 4.78 is 5.17. The zero-order chi connectivity index (χ0) is 18.6. The predicted molar refractivity (Wildman–Crippen MR) is 99.0 cm³/mol. The van der Waals surface area contributed by atoms with Crippen LogP contribution in [0.15, 0.2) is 48.8 Å². The fourth-order valence-corrected chi connectivity index (χ4v) is 3.43. The first-order valence-electron chi connectivity index (χ1n) is 8.72. The van der Waals surface area contributed by atoms with Gasteiger partial charge in [0.1, 0.15) is 5.75 Å². The number of pyridine rings is 1. The second-order valence-electron chi connectivity index (χ2n) is 6.96. The summed E-state index contributed by atoms with van der Waals surface area (Å²) in [7, 11) is 3.63. The number of aromatic nitrogens is 1. The smallest absolute Gasteiger partial charge is 0.255 e. The molecular formula is C20H25N3O3. The number of ether oxygens (including phenoxy) is 1. The molecule has 0 bridgehead atoms. The molecule has 1 fully saturated rings. The fourth-order valence-electron chi connectivity index (χ4n) is 3.43. The number of nitrogens with zero attached hydrogens (tertiary/aromatic N) is 3. The lowest BCUT2D eigenvalue weighted by molar-refractivity contribution is 0.0163. The van der Waals surface area contributed by atoms with E-state index < -0.39 is 5.60 Å². The minimum atomic E-state index is -0.890. The lowest BCUT2D eigenvalue weighted by Gasteiger charge is -2.29. The SMILES string of the molecule is COc1ccc(CN(C)C[C@]2(O)CCN(C(=O)c3cccnc3)C2)cc1. The van der Waals surface area contributed by atoms with Crippen LogP contribution in [0.2, 0.25) is 0 Å². The Kier molecular flexibility index (Phi) is 5.54. The van der Waals surface area contributed by atoms with E-state index in [1.54, 1.807) is 36.5 Å². The van der Waals surface area contributed by atoms with E-state index in [1.165, 1.54) is 0 Å². The van der Waals surface area contributed by atoms with Crippen LogP contribution in [0.5, 0.6) is 5.75 Å². The number of carbonyl (C=O) groups excluding carboxylic acids is 1. The van der Waals surface area contributed by atoms with E-state index in [4.69, 9.17) is 4.74 Å². The van der Waals surface area contributed by atoms with E-state index in [0.717, 1.165) is 17.9 Å². The molecule has 1 aromatic carbocycles. The van der Waals surface area contributed by atoms with Crippen molar-refractivity contribution in [1.29, 1.82) is 0 Å². The summed E-state index contributed by atoms with van der Waals surface area (Å²) in [6.07, 6.45) is 3.78. The van der Waals surface area contributed by atoms with Gasteiger partial charge in [-0.1, -0.05) is 12.1 Å². The van der Waals surface area contributed by atoms with Gasteiger partial charge in [-0.25, -0.2) is 0 Å². The van der Waals surface area contributed by atoms with E-state index in [-0.39, 0.29) is 5.91 Å². The monoisotopic (exact) mass is 355 g/mol. The molecule has 6 nitrogen and oxygen atoms in total. The van der Waals surface area contributed by atoms with Gasteiger partial charge >= 0.3 is 0 Å². The van der Waals surface area contributed by atoms with Crippen molar-refractivity contribution in [3.63, 3.8) is 0 Å². The number of likely N-dealkylation sites (N-methyl/N-ethyl adjacent to an activating group) is 1. The van der Waals surface area contributed by atoms with Gasteiger partial charge in [0.25, 0.3) is 5.91 Å². The number of amides is 1. The topological polar surface area (TPSA) is 65.9 Å². The van der Waals surface area contributed by atoms with Gasteiger partial charge in [0.15, 0.2) is 0 Å². The second kappa shape index (κ2) is 7.85. The average Bonchev–Trinajstić information content (AvgIpc) is 3.04. The van der Waals surface area contributed by atoms with E-state index >= 15 is 0 Å². The molecule has 0 aliphatic carbocycles. The molecule has 3 rings (SSSR count). The fraction of sp³-hybridized carbons (Fsp3) is 0.400.